The van der Waals surface area contributed by atoms with Crippen LogP contribution in [0.4, 0.5) is 10.7 Å². The lowest BCUT2D eigenvalue weighted by Gasteiger charge is -2.36. The van der Waals surface area contributed by atoms with Gasteiger partial charge in [0.1, 0.15) is 12.2 Å². The highest BCUT2D eigenvalue weighted by Gasteiger charge is 2.38. The highest BCUT2D eigenvalue weighted by atomic mass is 35.5. The molecule has 2 amide bonds. The molecule has 148 valence electrons. The van der Waals surface area contributed by atoms with Crippen molar-refractivity contribution in [2.45, 2.75) is 44.4 Å². The molecule has 0 radical (unpaired) electrons. The van der Waals surface area contributed by atoms with Crippen LogP contribution in [0.5, 0.6) is 0 Å². The zero-order valence-corrected chi connectivity index (χ0v) is 16.0. The summed E-state index contributed by atoms with van der Waals surface area (Å²) in [5.41, 5.74) is 4.97. The largest absolute Gasteiger partial charge is 0.444 e. The summed E-state index contributed by atoms with van der Waals surface area (Å²) in [6.07, 6.45) is 3.71. The van der Waals surface area contributed by atoms with Crippen molar-refractivity contribution in [3.63, 3.8) is 0 Å². The van der Waals surface area contributed by atoms with Crippen LogP contribution in [-0.2, 0) is 14.3 Å². The Labute approximate surface area is 162 Å². The average molecular weight is 398 g/mol. The molecule has 0 saturated carbocycles. The molecule has 27 heavy (non-hydrogen) atoms. The third-order valence-electron chi connectivity index (χ3n) is 4.83. The first kappa shape index (κ1) is 19.6. The Kier molecular flexibility index (Phi) is 6.33. The van der Waals surface area contributed by atoms with E-state index in [2.05, 4.69) is 14.9 Å². The molecule has 0 spiro atoms. The number of piperidine rings is 1. The number of aromatic nitrogens is 2. The number of nitrogens with zero attached hydrogens (tertiary/aromatic N) is 4. The lowest BCUT2D eigenvalue weighted by molar-refractivity contribution is -0.140. The van der Waals surface area contributed by atoms with Crippen LogP contribution in [0.25, 0.3) is 0 Å². The minimum absolute atomic E-state index is 0.00229. The van der Waals surface area contributed by atoms with Gasteiger partial charge in [-0.1, -0.05) is 11.6 Å². The van der Waals surface area contributed by atoms with Crippen molar-refractivity contribution < 1.29 is 19.1 Å². The number of halogens is 1. The fourth-order valence-corrected chi connectivity index (χ4v) is 3.62. The molecule has 2 aliphatic rings. The van der Waals surface area contributed by atoms with Gasteiger partial charge in [-0.2, -0.15) is 0 Å². The molecular formula is C17H24ClN5O4. The van der Waals surface area contributed by atoms with Gasteiger partial charge in [0.2, 0.25) is 5.95 Å². The Balaban J connectivity index is 1.47. The van der Waals surface area contributed by atoms with Gasteiger partial charge in [-0.25, -0.2) is 14.8 Å². The van der Waals surface area contributed by atoms with E-state index in [1.807, 2.05) is 4.90 Å². The summed E-state index contributed by atoms with van der Waals surface area (Å²) in [5.74, 6) is 0.665. The summed E-state index contributed by atoms with van der Waals surface area (Å²) in [5, 5.41) is 0.512. The average Bonchev–Trinajstić information content (AvgIpc) is 3.01. The number of likely N-dealkylation sites (tertiary alicyclic amines) is 1. The molecule has 2 fully saturated rings. The first-order valence-electron chi connectivity index (χ1n) is 9.04. The SMILES string of the molecule is CC(COC1CCN(C2CCN(c3ncc(Cl)cn3)CC2)C1=O)OC(N)=O. The zero-order chi connectivity index (χ0) is 19.4. The van der Waals surface area contributed by atoms with Gasteiger partial charge in [-0.3, -0.25) is 4.79 Å². The molecule has 3 heterocycles. The Morgan fingerprint density at radius 3 is 2.59 bits per heavy atom. The molecule has 2 unspecified atom stereocenters. The smallest absolute Gasteiger partial charge is 0.404 e. The fraction of sp³-hybridized carbons (Fsp3) is 0.647. The minimum atomic E-state index is -0.845. The quantitative estimate of drug-likeness (QED) is 0.767. The topological polar surface area (TPSA) is 111 Å². The van der Waals surface area contributed by atoms with Gasteiger partial charge in [-0.05, 0) is 19.8 Å². The highest BCUT2D eigenvalue weighted by molar-refractivity contribution is 6.30. The van der Waals surface area contributed by atoms with Gasteiger partial charge >= 0.3 is 6.09 Å². The number of carbonyl (C=O) groups is 2. The van der Waals surface area contributed by atoms with Crippen LogP contribution < -0.4 is 10.6 Å². The molecule has 1 aromatic rings. The maximum Gasteiger partial charge on any atom is 0.404 e. The molecule has 0 aliphatic carbocycles. The summed E-state index contributed by atoms with van der Waals surface area (Å²) >= 11 is 5.83. The summed E-state index contributed by atoms with van der Waals surface area (Å²) in [4.78, 5) is 35.9. The van der Waals surface area contributed by atoms with Gasteiger partial charge in [0, 0.05) is 32.1 Å². The second kappa shape index (κ2) is 8.71. The molecule has 1 aromatic heterocycles. The minimum Gasteiger partial charge on any atom is -0.444 e. The van der Waals surface area contributed by atoms with Crippen LogP contribution in [-0.4, -0.2) is 71.4 Å². The third kappa shape index (κ3) is 4.98. The lowest BCUT2D eigenvalue weighted by Crippen LogP contribution is -2.47. The molecular weight excluding hydrogens is 374 g/mol. The van der Waals surface area contributed by atoms with Gasteiger partial charge < -0.3 is 25.0 Å². The predicted octanol–water partition coefficient (Wildman–Crippen LogP) is 1.20. The van der Waals surface area contributed by atoms with Crippen molar-refractivity contribution in [3.05, 3.63) is 17.4 Å². The van der Waals surface area contributed by atoms with Crippen LogP contribution in [0.3, 0.4) is 0 Å². The van der Waals surface area contributed by atoms with E-state index < -0.39 is 18.3 Å². The molecule has 2 saturated heterocycles. The molecule has 0 aromatic carbocycles. The molecule has 2 aliphatic heterocycles. The Hall–Kier alpha value is -2.13. The van der Waals surface area contributed by atoms with E-state index in [9.17, 15) is 9.59 Å². The van der Waals surface area contributed by atoms with Crippen molar-refractivity contribution >= 4 is 29.5 Å². The number of hydrogen-bond donors (Lipinski definition) is 1. The fourth-order valence-electron chi connectivity index (χ4n) is 3.52. The molecule has 9 nitrogen and oxygen atoms in total. The van der Waals surface area contributed by atoms with Crippen molar-refractivity contribution in [1.82, 2.24) is 14.9 Å². The number of rotatable bonds is 6. The second-order valence-electron chi connectivity index (χ2n) is 6.81. The predicted molar refractivity (Wildman–Crippen MR) is 98.5 cm³/mol. The summed E-state index contributed by atoms with van der Waals surface area (Å²) in [7, 11) is 0. The van der Waals surface area contributed by atoms with Gasteiger partial charge in [0.05, 0.1) is 24.0 Å². The molecule has 2 atom stereocenters. The Morgan fingerprint density at radius 1 is 1.30 bits per heavy atom. The van der Waals surface area contributed by atoms with Crippen molar-refractivity contribution in [3.8, 4) is 0 Å². The van der Waals surface area contributed by atoms with Crippen molar-refractivity contribution in [2.24, 2.45) is 5.73 Å². The van der Waals surface area contributed by atoms with Crippen LogP contribution in [0, 0.1) is 0 Å². The summed E-state index contributed by atoms with van der Waals surface area (Å²) in [6, 6.07) is 0.189. The van der Waals surface area contributed by atoms with Gasteiger partial charge in [0.15, 0.2) is 0 Å². The van der Waals surface area contributed by atoms with Crippen molar-refractivity contribution in [1.29, 1.82) is 0 Å². The monoisotopic (exact) mass is 397 g/mol. The van der Waals surface area contributed by atoms with Crippen LogP contribution >= 0.6 is 11.6 Å². The molecule has 3 rings (SSSR count). The van der Waals surface area contributed by atoms with Crippen LogP contribution in [0.15, 0.2) is 12.4 Å². The standard InChI is InChI=1S/C17H24ClN5O4/c1-11(27-16(19)25)10-26-14-4-7-23(15(14)24)13-2-5-22(6-3-13)17-20-8-12(18)9-21-17/h8-9,11,13-14H,2-7,10H2,1H3,(H2,19,25). The van der Waals surface area contributed by atoms with E-state index in [1.165, 1.54) is 0 Å². The van der Waals surface area contributed by atoms with E-state index >= 15 is 0 Å². The molecule has 2 N–H and O–H groups in total. The number of hydrogen-bond acceptors (Lipinski definition) is 7. The number of nitrogens with two attached hydrogens (primary N) is 1. The van der Waals surface area contributed by atoms with Crippen LogP contribution in [0.2, 0.25) is 5.02 Å². The second-order valence-corrected chi connectivity index (χ2v) is 7.25. The number of carbonyl (C=O) groups excluding carboxylic acids is 2. The van der Waals surface area contributed by atoms with E-state index in [0.29, 0.717) is 23.9 Å². The normalized spacial score (nSPS) is 22.1. The van der Waals surface area contributed by atoms with E-state index in [1.54, 1.807) is 19.3 Å². The Morgan fingerprint density at radius 2 is 1.96 bits per heavy atom. The Bertz CT molecular complexity index is 666. The highest BCUT2D eigenvalue weighted by Crippen LogP contribution is 2.25. The maximum atomic E-state index is 12.6. The summed E-state index contributed by atoms with van der Waals surface area (Å²) < 4.78 is 10.4. The number of ether oxygens (including phenoxy) is 2. The first-order valence-corrected chi connectivity index (χ1v) is 9.42. The first-order chi connectivity index (χ1) is 12.9. The van der Waals surface area contributed by atoms with E-state index in [-0.39, 0.29) is 18.6 Å². The van der Waals surface area contributed by atoms with Gasteiger partial charge in [-0.15, -0.1) is 0 Å². The van der Waals surface area contributed by atoms with Crippen molar-refractivity contribution in [2.75, 3.05) is 31.1 Å². The third-order valence-corrected chi connectivity index (χ3v) is 5.03. The molecule has 0 bridgehead atoms. The van der Waals surface area contributed by atoms with Crippen LogP contribution in [0.1, 0.15) is 26.2 Å². The number of anilines is 1. The van der Waals surface area contributed by atoms with Gasteiger partial charge in [0.25, 0.3) is 5.91 Å². The molecule has 10 heteroatoms. The lowest BCUT2D eigenvalue weighted by atomic mass is 10.0. The summed E-state index contributed by atoms with van der Waals surface area (Å²) in [6.45, 7) is 4.07. The zero-order valence-electron chi connectivity index (χ0n) is 15.2. The number of amides is 2. The number of primary amides is 1. The van der Waals surface area contributed by atoms with E-state index in [0.717, 1.165) is 25.9 Å². The van der Waals surface area contributed by atoms with E-state index in [4.69, 9.17) is 26.8 Å². The maximum absolute atomic E-state index is 12.6.